The molecule has 2 fully saturated rings. The minimum absolute atomic E-state index is 0.447. The number of rotatable bonds is 3. The van der Waals surface area contributed by atoms with Crippen LogP contribution in [0, 0.1) is 23.7 Å². The van der Waals surface area contributed by atoms with E-state index in [2.05, 4.69) is 38.2 Å². The first-order valence-electron chi connectivity index (χ1n) is 6.45. The second-order valence-corrected chi connectivity index (χ2v) is 6.32. The largest absolute Gasteiger partial charge is 0.103 e. The van der Waals surface area contributed by atoms with E-state index in [0.717, 1.165) is 17.8 Å². The van der Waals surface area contributed by atoms with Gasteiger partial charge in [-0.25, -0.2) is 0 Å². The predicted molar refractivity (Wildman–Crippen MR) is 76.2 cm³/mol. The molecule has 0 heterocycles. The highest BCUT2D eigenvalue weighted by Gasteiger charge is 2.47. The van der Waals surface area contributed by atoms with Crippen molar-refractivity contribution < 1.29 is 0 Å². The van der Waals surface area contributed by atoms with E-state index < -0.39 is 0 Å². The molecule has 0 saturated heterocycles. The summed E-state index contributed by atoms with van der Waals surface area (Å²) in [4.78, 5) is 0. The first-order chi connectivity index (χ1) is 8.13. The minimum atomic E-state index is 0.447. The van der Waals surface area contributed by atoms with Crippen molar-refractivity contribution in [3.05, 3.63) is 34.4 Å². The van der Waals surface area contributed by atoms with Gasteiger partial charge in [0.2, 0.25) is 0 Å². The van der Waals surface area contributed by atoms with Crippen molar-refractivity contribution >= 4 is 23.2 Å². The Bertz CT molecular complexity index is 361. The maximum Gasteiger partial charge on any atom is 0.103 e. The standard InChI is InChI=1S/C15H20Cl2/c1-3-4-5-10(2)13-8-11-6-7-12(13)14(11)9-15(16)17/h3-5,9,11-14H,6-8H2,1-2H3/b4-3-,10-5-. The van der Waals surface area contributed by atoms with Gasteiger partial charge in [-0.3, -0.25) is 0 Å². The highest BCUT2D eigenvalue weighted by Crippen LogP contribution is 2.55. The van der Waals surface area contributed by atoms with Gasteiger partial charge in [0.05, 0.1) is 0 Å². The Labute approximate surface area is 114 Å². The normalized spacial score (nSPS) is 36.8. The number of fused-ring (bicyclic) bond motifs is 2. The molecule has 0 amide bonds. The lowest BCUT2D eigenvalue weighted by atomic mass is 9.83. The lowest BCUT2D eigenvalue weighted by molar-refractivity contribution is 0.373. The summed E-state index contributed by atoms with van der Waals surface area (Å²) >= 11 is 11.7. The summed E-state index contributed by atoms with van der Waals surface area (Å²) in [5.41, 5.74) is 1.51. The molecule has 2 saturated carbocycles. The van der Waals surface area contributed by atoms with Crippen LogP contribution in [0.5, 0.6) is 0 Å². The van der Waals surface area contributed by atoms with E-state index in [1.54, 1.807) is 0 Å². The molecule has 2 bridgehead atoms. The van der Waals surface area contributed by atoms with Gasteiger partial charge >= 0.3 is 0 Å². The van der Waals surface area contributed by atoms with Gasteiger partial charge in [-0.1, -0.05) is 53.1 Å². The molecule has 0 aromatic carbocycles. The van der Waals surface area contributed by atoms with Gasteiger partial charge in [0.15, 0.2) is 0 Å². The van der Waals surface area contributed by atoms with Crippen molar-refractivity contribution in [3.8, 4) is 0 Å². The molecule has 2 aliphatic rings. The van der Waals surface area contributed by atoms with Crippen LogP contribution in [0.4, 0.5) is 0 Å². The Morgan fingerprint density at radius 1 is 1.24 bits per heavy atom. The van der Waals surface area contributed by atoms with Gasteiger partial charge in [-0.2, -0.15) is 0 Å². The summed E-state index contributed by atoms with van der Waals surface area (Å²) in [5, 5.41) is 0. The summed E-state index contributed by atoms with van der Waals surface area (Å²) in [6.45, 7) is 4.32. The third-order valence-electron chi connectivity index (χ3n) is 4.44. The smallest absolute Gasteiger partial charge is 0.0877 e. The predicted octanol–water partition coefficient (Wildman–Crippen LogP) is 5.49. The lowest BCUT2D eigenvalue weighted by Gasteiger charge is -2.22. The van der Waals surface area contributed by atoms with Crippen LogP contribution in [0.2, 0.25) is 0 Å². The fraction of sp³-hybridized carbons (Fsp3) is 0.600. The van der Waals surface area contributed by atoms with Crippen molar-refractivity contribution in [2.24, 2.45) is 23.7 Å². The maximum atomic E-state index is 5.83. The number of hydrogen-bond acceptors (Lipinski definition) is 0. The molecule has 0 nitrogen and oxygen atoms in total. The Balaban J connectivity index is 2.13. The third-order valence-corrected chi connectivity index (χ3v) is 4.69. The second kappa shape index (κ2) is 5.63. The summed E-state index contributed by atoms with van der Waals surface area (Å²) < 4.78 is 0.447. The number of allylic oxidation sites excluding steroid dienone is 5. The summed E-state index contributed by atoms with van der Waals surface area (Å²) in [5.74, 6) is 2.90. The van der Waals surface area contributed by atoms with Gasteiger partial charge in [0.1, 0.15) is 4.49 Å². The highest BCUT2D eigenvalue weighted by atomic mass is 35.5. The molecular weight excluding hydrogens is 251 g/mol. The Morgan fingerprint density at radius 2 is 2.00 bits per heavy atom. The van der Waals surface area contributed by atoms with Crippen molar-refractivity contribution in [2.75, 3.05) is 0 Å². The summed E-state index contributed by atoms with van der Waals surface area (Å²) in [7, 11) is 0. The number of hydrogen-bond donors (Lipinski definition) is 0. The fourth-order valence-electron chi connectivity index (χ4n) is 3.69. The van der Waals surface area contributed by atoms with Gasteiger partial charge in [-0.05, 0) is 56.8 Å². The zero-order chi connectivity index (χ0) is 12.4. The molecule has 0 radical (unpaired) electrons. The Morgan fingerprint density at radius 3 is 2.65 bits per heavy atom. The van der Waals surface area contributed by atoms with Crippen LogP contribution >= 0.6 is 23.2 Å². The molecule has 0 aliphatic heterocycles. The lowest BCUT2D eigenvalue weighted by Crippen LogP contribution is -2.13. The molecule has 17 heavy (non-hydrogen) atoms. The van der Waals surface area contributed by atoms with Gasteiger partial charge < -0.3 is 0 Å². The highest BCUT2D eigenvalue weighted by molar-refractivity contribution is 6.55. The molecule has 0 spiro atoms. The van der Waals surface area contributed by atoms with Crippen molar-refractivity contribution in [1.82, 2.24) is 0 Å². The fourth-order valence-corrected chi connectivity index (χ4v) is 3.98. The van der Waals surface area contributed by atoms with E-state index in [-0.39, 0.29) is 0 Å². The Hall–Kier alpha value is -0.200. The minimum Gasteiger partial charge on any atom is -0.0877 e. The summed E-state index contributed by atoms with van der Waals surface area (Å²) in [6.07, 6.45) is 12.6. The van der Waals surface area contributed by atoms with Gasteiger partial charge in [0, 0.05) is 0 Å². The van der Waals surface area contributed by atoms with Crippen molar-refractivity contribution in [3.63, 3.8) is 0 Å². The third kappa shape index (κ3) is 2.80. The van der Waals surface area contributed by atoms with E-state index in [1.165, 1.54) is 24.8 Å². The van der Waals surface area contributed by atoms with Crippen LogP contribution < -0.4 is 0 Å². The summed E-state index contributed by atoms with van der Waals surface area (Å²) in [6, 6.07) is 0. The van der Waals surface area contributed by atoms with E-state index in [0.29, 0.717) is 10.4 Å². The SMILES string of the molecule is C/C=C\C=C(\C)C1CC2CCC1C2C=C(Cl)Cl. The average molecular weight is 271 g/mol. The van der Waals surface area contributed by atoms with E-state index in [4.69, 9.17) is 23.2 Å². The monoisotopic (exact) mass is 270 g/mol. The zero-order valence-electron chi connectivity index (χ0n) is 10.5. The van der Waals surface area contributed by atoms with E-state index >= 15 is 0 Å². The first kappa shape index (κ1) is 13.2. The van der Waals surface area contributed by atoms with E-state index in [1.807, 2.05) is 0 Å². The molecule has 4 unspecified atom stereocenters. The molecule has 4 atom stereocenters. The quantitative estimate of drug-likeness (QED) is 0.595. The molecule has 94 valence electrons. The molecular formula is C15H20Cl2. The van der Waals surface area contributed by atoms with Crippen molar-refractivity contribution in [2.45, 2.75) is 33.1 Å². The molecule has 0 aromatic rings. The molecule has 2 aliphatic carbocycles. The van der Waals surface area contributed by atoms with Crippen LogP contribution in [0.25, 0.3) is 0 Å². The molecule has 0 N–H and O–H groups in total. The van der Waals surface area contributed by atoms with E-state index in [9.17, 15) is 0 Å². The molecule has 2 rings (SSSR count). The van der Waals surface area contributed by atoms with Crippen LogP contribution in [-0.2, 0) is 0 Å². The van der Waals surface area contributed by atoms with Crippen LogP contribution in [0.15, 0.2) is 34.4 Å². The van der Waals surface area contributed by atoms with Gasteiger partial charge in [-0.15, -0.1) is 0 Å². The number of halogens is 2. The van der Waals surface area contributed by atoms with Crippen LogP contribution in [-0.4, -0.2) is 0 Å². The molecule has 0 aromatic heterocycles. The van der Waals surface area contributed by atoms with Crippen molar-refractivity contribution in [1.29, 1.82) is 0 Å². The Kier molecular flexibility index (Phi) is 4.38. The van der Waals surface area contributed by atoms with Crippen LogP contribution in [0.1, 0.15) is 33.1 Å². The maximum absolute atomic E-state index is 5.83. The molecule has 2 heteroatoms. The average Bonchev–Trinajstić information content (AvgIpc) is 2.82. The van der Waals surface area contributed by atoms with Crippen LogP contribution in [0.3, 0.4) is 0 Å². The first-order valence-corrected chi connectivity index (χ1v) is 7.21. The second-order valence-electron chi connectivity index (χ2n) is 5.31. The van der Waals surface area contributed by atoms with Gasteiger partial charge in [0.25, 0.3) is 0 Å². The zero-order valence-corrected chi connectivity index (χ0v) is 12.0. The topological polar surface area (TPSA) is 0 Å².